The van der Waals surface area contributed by atoms with Gasteiger partial charge >= 0.3 is 0 Å². The Morgan fingerprint density at radius 3 is 2.79 bits per heavy atom. The minimum Gasteiger partial charge on any atom is -0.463 e. The van der Waals surface area contributed by atoms with Crippen LogP contribution in [0.5, 0.6) is 0 Å². The van der Waals surface area contributed by atoms with Crippen LogP contribution >= 0.6 is 11.6 Å². The van der Waals surface area contributed by atoms with Crippen LogP contribution < -0.4 is 5.32 Å². The standard InChI is InChI=1S/C17H16ClN3O3/c1-23-10-8-19-17(22)14-11-15(16-3-2-9-24-16)21(20-14)13-6-4-12(18)5-7-13/h2-7,9,11H,8,10H2,1H3,(H,19,22). The van der Waals surface area contributed by atoms with E-state index in [2.05, 4.69) is 10.4 Å². The summed E-state index contributed by atoms with van der Waals surface area (Å²) in [5, 5.41) is 7.79. The molecule has 0 aliphatic rings. The summed E-state index contributed by atoms with van der Waals surface area (Å²) in [6.07, 6.45) is 1.58. The van der Waals surface area contributed by atoms with E-state index in [0.717, 1.165) is 5.69 Å². The molecule has 0 spiro atoms. The van der Waals surface area contributed by atoms with E-state index in [9.17, 15) is 4.79 Å². The van der Waals surface area contributed by atoms with Crippen LogP contribution in [-0.4, -0.2) is 35.9 Å². The maximum Gasteiger partial charge on any atom is 0.271 e. The Bertz CT molecular complexity index is 810. The third-order valence-corrected chi connectivity index (χ3v) is 3.63. The maximum atomic E-state index is 12.2. The molecule has 0 fully saturated rings. The second-order valence-electron chi connectivity index (χ2n) is 5.03. The molecule has 7 heteroatoms. The highest BCUT2D eigenvalue weighted by Crippen LogP contribution is 2.25. The van der Waals surface area contributed by atoms with Crippen molar-refractivity contribution in [2.45, 2.75) is 0 Å². The lowest BCUT2D eigenvalue weighted by atomic mass is 10.2. The van der Waals surface area contributed by atoms with E-state index in [-0.39, 0.29) is 5.91 Å². The van der Waals surface area contributed by atoms with Crippen LogP contribution in [0.4, 0.5) is 0 Å². The number of amides is 1. The summed E-state index contributed by atoms with van der Waals surface area (Å²) < 4.78 is 12.0. The number of carbonyl (C=O) groups is 1. The lowest BCUT2D eigenvalue weighted by Gasteiger charge is -2.05. The number of aromatic nitrogens is 2. The van der Waals surface area contributed by atoms with Gasteiger partial charge in [0.25, 0.3) is 5.91 Å². The van der Waals surface area contributed by atoms with Crippen LogP contribution in [0.15, 0.2) is 53.1 Å². The third-order valence-electron chi connectivity index (χ3n) is 3.38. The molecule has 0 bridgehead atoms. The average Bonchev–Trinajstić information content (AvgIpc) is 3.25. The van der Waals surface area contributed by atoms with Gasteiger partial charge in [-0.3, -0.25) is 4.79 Å². The zero-order valence-electron chi connectivity index (χ0n) is 13.0. The maximum absolute atomic E-state index is 12.2. The van der Waals surface area contributed by atoms with Gasteiger partial charge in [0.1, 0.15) is 5.69 Å². The second-order valence-corrected chi connectivity index (χ2v) is 5.47. The zero-order valence-corrected chi connectivity index (χ0v) is 13.8. The minimum absolute atomic E-state index is 0.271. The number of hydrogen-bond donors (Lipinski definition) is 1. The molecule has 0 atom stereocenters. The van der Waals surface area contributed by atoms with Crippen molar-refractivity contribution in [2.24, 2.45) is 0 Å². The van der Waals surface area contributed by atoms with E-state index < -0.39 is 0 Å². The number of hydrogen-bond acceptors (Lipinski definition) is 4. The van der Waals surface area contributed by atoms with Crippen LogP contribution in [0.1, 0.15) is 10.5 Å². The Morgan fingerprint density at radius 2 is 2.12 bits per heavy atom. The van der Waals surface area contributed by atoms with Gasteiger partial charge in [-0.05, 0) is 36.4 Å². The van der Waals surface area contributed by atoms with Gasteiger partial charge in [0.05, 0.1) is 18.6 Å². The molecule has 0 saturated carbocycles. The predicted molar refractivity (Wildman–Crippen MR) is 90.5 cm³/mol. The summed E-state index contributed by atoms with van der Waals surface area (Å²) in [5.74, 6) is 0.348. The number of halogens is 1. The molecule has 6 nitrogen and oxygen atoms in total. The van der Waals surface area contributed by atoms with Crippen molar-refractivity contribution >= 4 is 17.5 Å². The molecule has 0 aliphatic heterocycles. The Hall–Kier alpha value is -2.57. The van der Waals surface area contributed by atoms with Gasteiger partial charge in [0.15, 0.2) is 11.5 Å². The smallest absolute Gasteiger partial charge is 0.271 e. The molecule has 24 heavy (non-hydrogen) atoms. The number of methoxy groups -OCH3 is 1. The highest BCUT2D eigenvalue weighted by atomic mass is 35.5. The molecule has 124 valence electrons. The fourth-order valence-corrected chi connectivity index (χ4v) is 2.35. The van der Waals surface area contributed by atoms with E-state index in [1.807, 2.05) is 18.2 Å². The van der Waals surface area contributed by atoms with Crippen molar-refractivity contribution in [3.8, 4) is 17.1 Å². The van der Waals surface area contributed by atoms with Gasteiger partial charge in [-0.15, -0.1) is 0 Å². The molecule has 0 saturated heterocycles. The number of carbonyl (C=O) groups excluding carboxylic acids is 1. The summed E-state index contributed by atoms with van der Waals surface area (Å²) in [4.78, 5) is 12.2. The normalized spacial score (nSPS) is 10.8. The Balaban J connectivity index is 1.97. The molecule has 1 amide bonds. The second kappa shape index (κ2) is 7.33. The fourth-order valence-electron chi connectivity index (χ4n) is 2.23. The lowest BCUT2D eigenvalue weighted by molar-refractivity contribution is 0.0931. The average molecular weight is 346 g/mol. The molecule has 3 aromatic rings. The number of furan rings is 1. The molecule has 0 aliphatic carbocycles. The van der Waals surface area contributed by atoms with E-state index in [1.165, 1.54) is 0 Å². The van der Waals surface area contributed by atoms with Gasteiger partial charge in [0, 0.05) is 24.7 Å². The number of nitrogens with zero attached hydrogens (tertiary/aromatic N) is 2. The Kier molecular flexibility index (Phi) is 4.98. The van der Waals surface area contributed by atoms with Gasteiger partial charge in [-0.1, -0.05) is 11.6 Å². The molecule has 0 unspecified atom stereocenters. The highest BCUT2D eigenvalue weighted by molar-refractivity contribution is 6.30. The summed E-state index contributed by atoms with van der Waals surface area (Å²) in [5.41, 5.74) is 1.76. The van der Waals surface area contributed by atoms with Gasteiger partial charge in [-0.2, -0.15) is 5.10 Å². The van der Waals surface area contributed by atoms with Gasteiger partial charge < -0.3 is 14.5 Å². The van der Waals surface area contributed by atoms with E-state index in [4.69, 9.17) is 20.8 Å². The molecule has 1 aromatic carbocycles. The largest absolute Gasteiger partial charge is 0.463 e. The summed E-state index contributed by atoms with van der Waals surface area (Å²) >= 11 is 5.94. The van der Waals surface area contributed by atoms with Crippen molar-refractivity contribution in [1.29, 1.82) is 0 Å². The molecule has 2 heterocycles. The SMILES string of the molecule is COCCNC(=O)c1cc(-c2ccco2)n(-c2ccc(Cl)cc2)n1. The van der Waals surface area contributed by atoms with Crippen LogP contribution in [0.2, 0.25) is 5.02 Å². The topological polar surface area (TPSA) is 69.3 Å². The number of rotatable bonds is 6. The first-order valence-corrected chi connectivity index (χ1v) is 7.74. The Labute approximate surface area is 144 Å². The van der Waals surface area contributed by atoms with Crippen molar-refractivity contribution in [3.63, 3.8) is 0 Å². The molecule has 3 rings (SSSR count). The third kappa shape index (κ3) is 3.50. The first kappa shape index (κ1) is 16.3. The molecule has 1 N–H and O–H groups in total. The van der Waals surface area contributed by atoms with E-state index in [1.54, 1.807) is 42.3 Å². The molecular formula is C17H16ClN3O3. The number of nitrogens with one attached hydrogen (secondary N) is 1. The fraction of sp³-hybridized carbons (Fsp3) is 0.176. The number of benzene rings is 1. The summed E-state index contributed by atoms with van der Waals surface area (Å²) in [6.45, 7) is 0.855. The van der Waals surface area contributed by atoms with E-state index in [0.29, 0.717) is 35.3 Å². The molecule has 0 radical (unpaired) electrons. The van der Waals surface area contributed by atoms with Gasteiger partial charge in [0.2, 0.25) is 0 Å². The molecule has 2 aromatic heterocycles. The van der Waals surface area contributed by atoms with Crippen molar-refractivity contribution in [1.82, 2.24) is 15.1 Å². The lowest BCUT2D eigenvalue weighted by Crippen LogP contribution is -2.27. The Morgan fingerprint density at radius 1 is 1.33 bits per heavy atom. The summed E-state index contributed by atoms with van der Waals surface area (Å²) in [7, 11) is 1.58. The zero-order chi connectivity index (χ0) is 16.9. The van der Waals surface area contributed by atoms with Crippen LogP contribution in [-0.2, 0) is 4.74 Å². The van der Waals surface area contributed by atoms with Crippen LogP contribution in [0.3, 0.4) is 0 Å². The predicted octanol–water partition coefficient (Wildman–Crippen LogP) is 3.16. The first-order valence-electron chi connectivity index (χ1n) is 7.36. The van der Waals surface area contributed by atoms with Crippen LogP contribution in [0.25, 0.3) is 17.1 Å². The first-order chi connectivity index (χ1) is 11.7. The van der Waals surface area contributed by atoms with Crippen molar-refractivity contribution in [2.75, 3.05) is 20.3 Å². The quantitative estimate of drug-likeness (QED) is 0.697. The van der Waals surface area contributed by atoms with E-state index >= 15 is 0 Å². The van der Waals surface area contributed by atoms with Crippen molar-refractivity contribution in [3.05, 3.63) is 59.4 Å². The highest BCUT2D eigenvalue weighted by Gasteiger charge is 2.18. The van der Waals surface area contributed by atoms with Crippen LogP contribution in [0, 0.1) is 0 Å². The summed E-state index contributed by atoms with van der Waals surface area (Å²) in [6, 6.07) is 12.5. The molecular weight excluding hydrogens is 330 g/mol. The van der Waals surface area contributed by atoms with Gasteiger partial charge in [-0.25, -0.2) is 4.68 Å². The monoisotopic (exact) mass is 345 g/mol. The minimum atomic E-state index is -0.271. The van der Waals surface area contributed by atoms with Crippen molar-refractivity contribution < 1.29 is 13.9 Å². The number of ether oxygens (including phenoxy) is 1.